The van der Waals surface area contributed by atoms with Crippen LogP contribution < -0.4 is 5.32 Å². The van der Waals surface area contributed by atoms with Crippen molar-refractivity contribution in [3.8, 4) is 0 Å². The maximum absolute atomic E-state index is 13.3. The third kappa shape index (κ3) is 5.44. The number of carbonyl (C=O) groups is 3. The van der Waals surface area contributed by atoms with E-state index in [0.717, 1.165) is 21.6 Å². The van der Waals surface area contributed by atoms with Gasteiger partial charge in [0.15, 0.2) is 6.04 Å². The Kier molecular flexibility index (Phi) is 7.75. The minimum Gasteiger partial charge on any atom is -0.459 e. The Morgan fingerprint density at radius 2 is 1.58 bits per heavy atom. The van der Waals surface area contributed by atoms with Gasteiger partial charge in [-0.05, 0) is 55.5 Å². The summed E-state index contributed by atoms with van der Waals surface area (Å²) in [5, 5.41) is 3.48. The first-order chi connectivity index (χ1) is 17.3. The zero-order valence-electron chi connectivity index (χ0n) is 20.3. The van der Waals surface area contributed by atoms with Crippen molar-refractivity contribution >= 4 is 29.5 Å². The maximum atomic E-state index is 13.3. The number of halogens is 1. The molecule has 0 unspecified atom stereocenters. The maximum Gasteiger partial charge on any atom is 0.330 e. The standard InChI is InChI=1S/C29H29ClN2O4/c1-20(23-11-7-4-8-12-23)31-28(35)32-25(26(33)36-19-22-9-5-3-6-10-22)29(2,27(32)34)18-17-21-13-15-24(30)16-14-21/h3-16,20,25H,17-19H2,1-2H3,(H,31,35)/t20-,25-,29-/m1/s1. The number of β-lactam (4-membered cyclic amide) rings is 1. The van der Waals surface area contributed by atoms with Gasteiger partial charge in [-0.1, -0.05) is 84.4 Å². The van der Waals surface area contributed by atoms with Crippen molar-refractivity contribution in [2.75, 3.05) is 0 Å². The Morgan fingerprint density at radius 3 is 2.22 bits per heavy atom. The summed E-state index contributed by atoms with van der Waals surface area (Å²) in [6.45, 7) is 3.62. The second-order valence-electron chi connectivity index (χ2n) is 9.30. The van der Waals surface area contributed by atoms with Crippen LogP contribution in [0.25, 0.3) is 0 Å². The number of rotatable bonds is 8. The summed E-state index contributed by atoms with van der Waals surface area (Å²) in [6.07, 6.45) is 0.939. The van der Waals surface area contributed by atoms with Crippen molar-refractivity contribution in [3.63, 3.8) is 0 Å². The van der Waals surface area contributed by atoms with Gasteiger partial charge in [-0.3, -0.25) is 4.79 Å². The lowest BCUT2D eigenvalue weighted by atomic mass is 9.68. The zero-order chi connectivity index (χ0) is 25.7. The Labute approximate surface area is 216 Å². The molecule has 0 radical (unpaired) electrons. The Hall–Kier alpha value is -3.64. The smallest absolute Gasteiger partial charge is 0.330 e. The number of ether oxygens (including phenoxy) is 1. The summed E-state index contributed by atoms with van der Waals surface area (Å²) >= 11 is 5.99. The van der Waals surface area contributed by atoms with Crippen molar-refractivity contribution in [2.24, 2.45) is 5.41 Å². The van der Waals surface area contributed by atoms with E-state index in [9.17, 15) is 14.4 Å². The minimum atomic E-state index is -1.07. The second kappa shape index (κ2) is 11.0. The Bertz CT molecular complexity index is 1220. The lowest BCUT2D eigenvalue weighted by Crippen LogP contribution is -2.73. The van der Waals surface area contributed by atoms with Gasteiger partial charge in [0.05, 0.1) is 11.5 Å². The molecule has 1 heterocycles. The fourth-order valence-electron chi connectivity index (χ4n) is 4.49. The van der Waals surface area contributed by atoms with Crippen molar-refractivity contribution in [1.29, 1.82) is 0 Å². The number of imide groups is 1. The first-order valence-corrected chi connectivity index (χ1v) is 12.3. The van der Waals surface area contributed by atoms with E-state index >= 15 is 0 Å². The topological polar surface area (TPSA) is 75.7 Å². The lowest BCUT2D eigenvalue weighted by Gasteiger charge is -2.51. The fourth-order valence-corrected chi connectivity index (χ4v) is 4.62. The van der Waals surface area contributed by atoms with Gasteiger partial charge in [-0.15, -0.1) is 0 Å². The highest BCUT2D eigenvalue weighted by molar-refractivity contribution is 6.30. The summed E-state index contributed by atoms with van der Waals surface area (Å²) in [4.78, 5) is 40.8. The number of amides is 3. The molecular weight excluding hydrogens is 476 g/mol. The highest BCUT2D eigenvalue weighted by Gasteiger charge is 2.63. The molecule has 1 saturated heterocycles. The molecule has 3 aromatic rings. The Balaban J connectivity index is 1.51. The highest BCUT2D eigenvalue weighted by atomic mass is 35.5. The fraction of sp³-hybridized carbons (Fsp3) is 0.276. The van der Waals surface area contributed by atoms with Gasteiger partial charge in [0, 0.05) is 5.02 Å². The third-order valence-corrected chi connectivity index (χ3v) is 6.97. The van der Waals surface area contributed by atoms with Crippen LogP contribution >= 0.6 is 11.6 Å². The second-order valence-corrected chi connectivity index (χ2v) is 9.73. The number of nitrogens with zero attached hydrogens (tertiary/aromatic N) is 1. The number of esters is 1. The van der Waals surface area contributed by atoms with E-state index in [1.165, 1.54) is 0 Å². The average molecular weight is 505 g/mol. The van der Waals surface area contributed by atoms with Gasteiger partial charge in [-0.2, -0.15) is 0 Å². The average Bonchev–Trinajstić information content (AvgIpc) is 2.90. The van der Waals surface area contributed by atoms with Crippen LogP contribution in [0.1, 0.15) is 43.0 Å². The molecular formula is C29H29ClN2O4. The lowest BCUT2D eigenvalue weighted by molar-refractivity contribution is -0.181. The molecule has 0 saturated carbocycles. The minimum absolute atomic E-state index is 0.0630. The molecule has 1 N–H and O–H groups in total. The first-order valence-electron chi connectivity index (χ1n) is 11.9. The molecule has 1 fully saturated rings. The molecule has 36 heavy (non-hydrogen) atoms. The number of benzene rings is 3. The van der Waals surface area contributed by atoms with Crippen molar-refractivity contribution < 1.29 is 19.1 Å². The number of aryl methyl sites for hydroxylation is 1. The molecule has 6 nitrogen and oxygen atoms in total. The molecule has 0 spiro atoms. The van der Waals surface area contributed by atoms with Crippen LogP contribution in [0.5, 0.6) is 0 Å². The molecule has 7 heteroatoms. The van der Waals surface area contributed by atoms with E-state index in [1.807, 2.05) is 79.7 Å². The number of carbonyl (C=O) groups excluding carboxylic acids is 3. The van der Waals surface area contributed by atoms with Crippen LogP contribution in [0.3, 0.4) is 0 Å². The van der Waals surface area contributed by atoms with Gasteiger partial charge >= 0.3 is 12.0 Å². The summed E-state index contributed by atoms with van der Waals surface area (Å²) in [5.74, 6) is -0.990. The van der Waals surface area contributed by atoms with E-state index in [1.54, 1.807) is 19.1 Å². The SMILES string of the molecule is C[C@@H](NC(=O)N1C(=O)[C@](C)(CCc2ccc(Cl)cc2)[C@H]1C(=O)OCc1ccccc1)c1ccccc1. The molecule has 3 atom stereocenters. The summed E-state index contributed by atoms with van der Waals surface area (Å²) in [7, 11) is 0. The Morgan fingerprint density at radius 1 is 0.972 bits per heavy atom. The molecule has 186 valence electrons. The molecule has 0 aromatic heterocycles. The number of hydrogen-bond acceptors (Lipinski definition) is 4. The van der Waals surface area contributed by atoms with Crippen LogP contribution in [-0.2, 0) is 27.4 Å². The van der Waals surface area contributed by atoms with Crippen LogP contribution in [0.4, 0.5) is 4.79 Å². The van der Waals surface area contributed by atoms with Crippen LogP contribution in [-0.4, -0.2) is 28.8 Å². The molecule has 4 rings (SSSR count). The zero-order valence-corrected chi connectivity index (χ0v) is 21.1. The van der Waals surface area contributed by atoms with Crippen LogP contribution in [0.15, 0.2) is 84.9 Å². The number of nitrogens with one attached hydrogen (secondary N) is 1. The van der Waals surface area contributed by atoms with E-state index in [2.05, 4.69) is 5.32 Å². The van der Waals surface area contributed by atoms with Gasteiger partial charge in [-0.25, -0.2) is 14.5 Å². The van der Waals surface area contributed by atoms with Gasteiger partial charge in [0.1, 0.15) is 6.61 Å². The molecule has 0 bridgehead atoms. The van der Waals surface area contributed by atoms with Gasteiger partial charge in [0.25, 0.3) is 0 Å². The quantitative estimate of drug-likeness (QED) is 0.315. The van der Waals surface area contributed by atoms with E-state index in [-0.39, 0.29) is 12.6 Å². The molecule has 3 amide bonds. The predicted molar refractivity (Wildman–Crippen MR) is 138 cm³/mol. The van der Waals surface area contributed by atoms with E-state index < -0.39 is 29.4 Å². The van der Waals surface area contributed by atoms with Gasteiger partial charge in [0.2, 0.25) is 5.91 Å². The molecule has 1 aliphatic heterocycles. The number of likely N-dealkylation sites (tertiary alicyclic amines) is 1. The highest BCUT2D eigenvalue weighted by Crippen LogP contribution is 2.44. The molecule has 0 aliphatic carbocycles. The third-order valence-electron chi connectivity index (χ3n) is 6.72. The molecule has 1 aliphatic rings. The number of urea groups is 1. The largest absolute Gasteiger partial charge is 0.459 e. The van der Waals surface area contributed by atoms with Gasteiger partial charge < -0.3 is 10.1 Å². The first kappa shape index (κ1) is 25.5. The molecule has 3 aromatic carbocycles. The van der Waals surface area contributed by atoms with Crippen molar-refractivity contribution in [3.05, 3.63) is 107 Å². The van der Waals surface area contributed by atoms with E-state index in [0.29, 0.717) is 17.9 Å². The predicted octanol–water partition coefficient (Wildman–Crippen LogP) is 5.70. The van der Waals surface area contributed by atoms with Crippen LogP contribution in [0, 0.1) is 5.41 Å². The van der Waals surface area contributed by atoms with E-state index in [4.69, 9.17) is 16.3 Å². The monoisotopic (exact) mass is 504 g/mol. The van der Waals surface area contributed by atoms with Crippen molar-refractivity contribution in [1.82, 2.24) is 10.2 Å². The van der Waals surface area contributed by atoms with Crippen LogP contribution in [0.2, 0.25) is 5.02 Å². The summed E-state index contributed by atoms with van der Waals surface area (Å²) < 4.78 is 5.58. The normalized spacial score (nSPS) is 19.8. The van der Waals surface area contributed by atoms with Crippen molar-refractivity contribution in [2.45, 2.75) is 45.4 Å². The number of hydrogen-bond donors (Lipinski definition) is 1. The summed E-state index contributed by atoms with van der Waals surface area (Å²) in [6, 6.07) is 24.1. The summed E-state index contributed by atoms with van der Waals surface area (Å²) in [5.41, 5.74) is 1.65.